The van der Waals surface area contributed by atoms with E-state index in [1.165, 1.54) is 11.6 Å². The lowest BCUT2D eigenvalue weighted by Crippen LogP contribution is -2.40. The highest BCUT2D eigenvalue weighted by atomic mass is 16.2. The van der Waals surface area contributed by atoms with Crippen molar-refractivity contribution < 1.29 is 4.79 Å². The number of fused-ring (bicyclic) bond motifs is 1. The number of aromatic amines is 1. The van der Waals surface area contributed by atoms with Gasteiger partial charge < -0.3 is 9.88 Å². The Morgan fingerprint density at radius 1 is 1.29 bits per heavy atom. The average Bonchev–Trinajstić information content (AvgIpc) is 2.61. The molecule has 0 radical (unpaired) electrons. The molecule has 0 saturated heterocycles. The number of carbonyl (C=O) groups is 1. The molecule has 1 unspecified atom stereocenters. The third kappa shape index (κ3) is 3.30. The molecule has 2 N–H and O–H groups in total. The van der Waals surface area contributed by atoms with Crippen LogP contribution in [0.5, 0.6) is 0 Å². The molecule has 1 aliphatic rings. The quantitative estimate of drug-likeness (QED) is 0.849. The van der Waals surface area contributed by atoms with E-state index in [0.717, 1.165) is 24.1 Å². The number of pyridine rings is 1. The second-order valence-electron chi connectivity index (χ2n) is 6.26. The number of aromatic nitrogens is 1. The molecule has 0 fully saturated rings. The first kappa shape index (κ1) is 16.2. The molecule has 1 aromatic carbocycles. The number of hydrogen-bond donors (Lipinski definition) is 2. The largest absolute Gasteiger partial charge is 0.329 e. The number of carbonyl (C=O) groups excluding carboxylic acids is 1. The van der Waals surface area contributed by atoms with Gasteiger partial charge in [-0.3, -0.25) is 15.0 Å². The zero-order chi connectivity index (χ0) is 17.1. The predicted octanol–water partition coefficient (Wildman–Crippen LogP) is 2.87. The molecule has 0 bridgehead atoms. The van der Waals surface area contributed by atoms with Gasteiger partial charge in [0.05, 0.1) is 5.71 Å². The number of benzene rings is 1. The Morgan fingerprint density at radius 3 is 2.83 bits per heavy atom. The molecular weight excluding hydrogens is 302 g/mol. The van der Waals surface area contributed by atoms with Crippen LogP contribution in [0.3, 0.4) is 0 Å². The van der Waals surface area contributed by atoms with Crippen LogP contribution in [0.1, 0.15) is 36.8 Å². The van der Waals surface area contributed by atoms with Crippen molar-refractivity contribution in [3.8, 4) is 0 Å². The van der Waals surface area contributed by atoms with Crippen LogP contribution in [0.2, 0.25) is 0 Å². The van der Waals surface area contributed by atoms with Crippen molar-refractivity contribution in [2.75, 3.05) is 11.4 Å². The minimum atomic E-state index is -0.224. The highest BCUT2D eigenvalue weighted by Gasteiger charge is 2.25. The van der Waals surface area contributed by atoms with E-state index in [-0.39, 0.29) is 23.1 Å². The number of anilines is 1. The van der Waals surface area contributed by atoms with Crippen LogP contribution in [0, 0.1) is 5.41 Å². The first-order valence-corrected chi connectivity index (χ1v) is 8.22. The second kappa shape index (κ2) is 6.83. The summed E-state index contributed by atoms with van der Waals surface area (Å²) < 4.78 is 0. The van der Waals surface area contributed by atoms with Gasteiger partial charge in [0.25, 0.3) is 5.91 Å². The zero-order valence-electron chi connectivity index (χ0n) is 13.7. The lowest BCUT2D eigenvalue weighted by atomic mass is 9.95. The number of nitrogens with one attached hydrogen (secondary N) is 2. The monoisotopic (exact) mass is 323 g/mol. The lowest BCUT2D eigenvalue weighted by molar-refractivity contribution is -0.112. The fourth-order valence-corrected chi connectivity index (χ4v) is 3.15. The number of H-pyrrole nitrogens is 1. The van der Waals surface area contributed by atoms with Crippen molar-refractivity contribution in [2.24, 2.45) is 0 Å². The van der Waals surface area contributed by atoms with Crippen LogP contribution >= 0.6 is 0 Å². The van der Waals surface area contributed by atoms with Gasteiger partial charge in [0.2, 0.25) is 5.56 Å². The number of nitrogens with zero attached hydrogens (tertiary/aromatic N) is 1. The van der Waals surface area contributed by atoms with Crippen molar-refractivity contribution in [1.29, 1.82) is 5.41 Å². The predicted molar refractivity (Wildman–Crippen MR) is 94.9 cm³/mol. The molecule has 124 valence electrons. The molecule has 0 aliphatic carbocycles. The van der Waals surface area contributed by atoms with E-state index >= 15 is 0 Å². The summed E-state index contributed by atoms with van der Waals surface area (Å²) in [4.78, 5) is 28.2. The van der Waals surface area contributed by atoms with Crippen LogP contribution in [0.25, 0.3) is 0 Å². The van der Waals surface area contributed by atoms with Crippen molar-refractivity contribution in [1.82, 2.24) is 4.98 Å². The Labute approximate surface area is 140 Å². The van der Waals surface area contributed by atoms with Crippen LogP contribution in [0.4, 0.5) is 5.69 Å². The van der Waals surface area contributed by atoms with Gasteiger partial charge in [-0.1, -0.05) is 31.2 Å². The summed E-state index contributed by atoms with van der Waals surface area (Å²) in [6, 6.07) is 11.1. The standard InChI is InChI=1S/C19H21N3O2/c1-13(15-8-9-18(23)21-12-15)11-16(20)19(24)22-10-4-6-14-5-2-3-7-17(14)22/h2-3,5,7-9,12-13,20H,4,6,10-11H2,1H3,(H,21,23). The smallest absolute Gasteiger partial charge is 0.271 e. The summed E-state index contributed by atoms with van der Waals surface area (Å²) in [7, 11) is 0. The highest BCUT2D eigenvalue weighted by Crippen LogP contribution is 2.27. The van der Waals surface area contributed by atoms with E-state index in [1.807, 2.05) is 31.2 Å². The molecule has 2 heterocycles. The van der Waals surface area contributed by atoms with Crippen molar-refractivity contribution >= 4 is 17.3 Å². The van der Waals surface area contributed by atoms with E-state index < -0.39 is 0 Å². The van der Waals surface area contributed by atoms with Crippen molar-refractivity contribution in [3.05, 3.63) is 64.1 Å². The minimum Gasteiger partial charge on any atom is -0.329 e. The normalized spacial score (nSPS) is 14.8. The highest BCUT2D eigenvalue weighted by molar-refractivity contribution is 6.42. The molecule has 1 atom stereocenters. The maximum atomic E-state index is 12.7. The molecular formula is C19H21N3O2. The molecule has 5 nitrogen and oxygen atoms in total. The first-order valence-electron chi connectivity index (χ1n) is 8.22. The lowest BCUT2D eigenvalue weighted by Gasteiger charge is -2.30. The molecule has 0 saturated carbocycles. The fourth-order valence-electron chi connectivity index (χ4n) is 3.15. The van der Waals surface area contributed by atoms with Crippen molar-refractivity contribution in [2.45, 2.75) is 32.1 Å². The van der Waals surface area contributed by atoms with Crippen LogP contribution in [-0.2, 0) is 11.2 Å². The molecule has 2 aromatic rings. The summed E-state index contributed by atoms with van der Waals surface area (Å²) >= 11 is 0. The number of aryl methyl sites for hydroxylation is 1. The van der Waals surface area contributed by atoms with Gasteiger partial charge in [0.15, 0.2) is 0 Å². The van der Waals surface area contributed by atoms with Gasteiger partial charge in [-0.25, -0.2) is 0 Å². The number of hydrogen-bond acceptors (Lipinski definition) is 3. The summed E-state index contributed by atoms with van der Waals surface area (Å²) in [5.74, 6) is -0.225. The van der Waals surface area contributed by atoms with Gasteiger partial charge in [-0.2, -0.15) is 0 Å². The third-order valence-electron chi connectivity index (χ3n) is 4.50. The Hall–Kier alpha value is -2.69. The van der Waals surface area contributed by atoms with Gasteiger partial charge in [0.1, 0.15) is 0 Å². The summed E-state index contributed by atoms with van der Waals surface area (Å²) in [6.07, 6.45) is 3.90. The molecule has 5 heteroatoms. The van der Waals surface area contributed by atoms with E-state index in [0.29, 0.717) is 13.0 Å². The number of amides is 1. The van der Waals surface area contributed by atoms with Gasteiger partial charge in [0, 0.05) is 30.9 Å². The van der Waals surface area contributed by atoms with E-state index in [2.05, 4.69) is 4.98 Å². The third-order valence-corrected chi connectivity index (χ3v) is 4.50. The Bertz CT molecular complexity index is 805. The van der Waals surface area contributed by atoms with Crippen LogP contribution < -0.4 is 10.5 Å². The van der Waals surface area contributed by atoms with Gasteiger partial charge >= 0.3 is 0 Å². The molecule has 3 rings (SSSR count). The SMILES string of the molecule is CC(CC(=N)C(=O)N1CCCc2ccccc21)c1ccc(=O)[nH]c1. The number of rotatable bonds is 4. The summed E-state index contributed by atoms with van der Waals surface area (Å²) in [5.41, 5.74) is 2.97. The van der Waals surface area contributed by atoms with Gasteiger partial charge in [-0.05, 0) is 36.0 Å². The van der Waals surface area contributed by atoms with Gasteiger partial charge in [-0.15, -0.1) is 0 Å². The Morgan fingerprint density at radius 2 is 2.08 bits per heavy atom. The topological polar surface area (TPSA) is 77.0 Å². The minimum absolute atomic E-state index is 0.00154. The van der Waals surface area contributed by atoms with Crippen molar-refractivity contribution in [3.63, 3.8) is 0 Å². The first-order chi connectivity index (χ1) is 11.6. The zero-order valence-corrected chi connectivity index (χ0v) is 13.7. The fraction of sp³-hybridized carbons (Fsp3) is 0.316. The molecule has 1 aliphatic heterocycles. The molecule has 1 aromatic heterocycles. The maximum Gasteiger partial charge on any atom is 0.271 e. The van der Waals surface area contributed by atoms with E-state index in [9.17, 15) is 9.59 Å². The molecule has 1 amide bonds. The van der Waals surface area contributed by atoms with E-state index in [1.54, 1.807) is 17.2 Å². The summed E-state index contributed by atoms with van der Waals surface area (Å²) in [5, 5.41) is 8.23. The number of para-hydroxylation sites is 1. The van der Waals surface area contributed by atoms with Crippen LogP contribution in [-0.4, -0.2) is 23.1 Å². The average molecular weight is 323 g/mol. The molecule has 24 heavy (non-hydrogen) atoms. The van der Waals surface area contributed by atoms with E-state index in [4.69, 9.17) is 5.41 Å². The summed E-state index contributed by atoms with van der Waals surface area (Å²) in [6.45, 7) is 2.62. The van der Waals surface area contributed by atoms with Crippen LogP contribution in [0.15, 0.2) is 47.4 Å². The maximum absolute atomic E-state index is 12.7. The Balaban J connectivity index is 1.72. The second-order valence-corrected chi connectivity index (χ2v) is 6.26. The molecule has 0 spiro atoms. The Kier molecular flexibility index (Phi) is 4.60.